The van der Waals surface area contributed by atoms with E-state index in [4.69, 9.17) is 11.6 Å². The summed E-state index contributed by atoms with van der Waals surface area (Å²) in [5.41, 5.74) is 1.20. The number of nitrogens with zero attached hydrogens (tertiary/aromatic N) is 1. The highest BCUT2D eigenvalue weighted by Crippen LogP contribution is 2.33. The summed E-state index contributed by atoms with van der Waals surface area (Å²) in [6, 6.07) is 8.61. The lowest BCUT2D eigenvalue weighted by Crippen LogP contribution is -2.42. The van der Waals surface area contributed by atoms with Gasteiger partial charge in [-0.3, -0.25) is 4.90 Å². The maximum Gasteiger partial charge on any atom is 0.0573 e. The SMILES string of the molecule is C[C@@H]1C[C@H](O)C[C@H](c2cccc(Cl)c2)N1C. The number of hydrogen-bond donors (Lipinski definition) is 1. The third-order valence-electron chi connectivity index (χ3n) is 3.53. The average molecular weight is 240 g/mol. The van der Waals surface area contributed by atoms with Crippen LogP contribution < -0.4 is 0 Å². The van der Waals surface area contributed by atoms with Gasteiger partial charge in [0.25, 0.3) is 0 Å². The Kier molecular flexibility index (Phi) is 3.53. The lowest BCUT2D eigenvalue weighted by Gasteiger charge is -2.40. The summed E-state index contributed by atoms with van der Waals surface area (Å²) in [7, 11) is 2.11. The third-order valence-corrected chi connectivity index (χ3v) is 3.76. The van der Waals surface area contributed by atoms with Gasteiger partial charge in [-0.25, -0.2) is 0 Å². The number of aliphatic hydroxyl groups excluding tert-OH is 1. The van der Waals surface area contributed by atoms with Crippen LogP contribution in [0.15, 0.2) is 24.3 Å². The predicted octanol–water partition coefficient (Wildman–Crippen LogP) is 2.86. The largest absolute Gasteiger partial charge is 0.393 e. The molecule has 1 fully saturated rings. The van der Waals surface area contributed by atoms with Crippen molar-refractivity contribution in [1.82, 2.24) is 4.90 Å². The van der Waals surface area contributed by atoms with E-state index in [1.54, 1.807) is 0 Å². The first-order chi connectivity index (χ1) is 7.58. The highest BCUT2D eigenvalue weighted by atomic mass is 35.5. The second kappa shape index (κ2) is 4.74. The molecule has 0 saturated carbocycles. The maximum atomic E-state index is 9.84. The zero-order valence-electron chi connectivity index (χ0n) is 9.73. The Morgan fingerprint density at radius 2 is 2.12 bits per heavy atom. The summed E-state index contributed by atoms with van der Waals surface area (Å²) < 4.78 is 0. The molecular formula is C13H18ClNO. The first-order valence-corrected chi connectivity index (χ1v) is 6.11. The zero-order chi connectivity index (χ0) is 11.7. The molecule has 0 aromatic heterocycles. The highest BCUT2D eigenvalue weighted by molar-refractivity contribution is 6.30. The van der Waals surface area contributed by atoms with E-state index in [1.165, 1.54) is 5.56 Å². The molecule has 3 heteroatoms. The molecule has 0 unspecified atom stereocenters. The third kappa shape index (κ3) is 2.40. The van der Waals surface area contributed by atoms with Crippen LogP contribution >= 0.6 is 11.6 Å². The predicted molar refractivity (Wildman–Crippen MR) is 66.7 cm³/mol. The maximum absolute atomic E-state index is 9.84. The fraction of sp³-hybridized carbons (Fsp3) is 0.538. The Morgan fingerprint density at radius 3 is 2.81 bits per heavy atom. The van der Waals surface area contributed by atoms with Gasteiger partial charge in [-0.05, 0) is 44.5 Å². The summed E-state index contributed by atoms with van der Waals surface area (Å²) in [6.45, 7) is 2.15. The molecule has 1 heterocycles. The van der Waals surface area contributed by atoms with Crippen molar-refractivity contribution in [3.05, 3.63) is 34.9 Å². The van der Waals surface area contributed by atoms with Crippen LogP contribution in [-0.2, 0) is 0 Å². The van der Waals surface area contributed by atoms with Crippen LogP contribution in [0.2, 0.25) is 5.02 Å². The average Bonchev–Trinajstić information content (AvgIpc) is 2.23. The second-order valence-corrected chi connectivity index (χ2v) is 5.15. The molecule has 88 valence electrons. The number of halogens is 1. The van der Waals surface area contributed by atoms with Crippen molar-refractivity contribution in [1.29, 1.82) is 0 Å². The Labute approximate surface area is 102 Å². The van der Waals surface area contributed by atoms with Crippen molar-refractivity contribution < 1.29 is 5.11 Å². The van der Waals surface area contributed by atoms with E-state index in [0.29, 0.717) is 6.04 Å². The van der Waals surface area contributed by atoms with Gasteiger partial charge in [0, 0.05) is 17.1 Å². The van der Waals surface area contributed by atoms with Crippen molar-refractivity contribution in [3.63, 3.8) is 0 Å². The van der Waals surface area contributed by atoms with Crippen molar-refractivity contribution in [2.24, 2.45) is 0 Å². The first-order valence-electron chi connectivity index (χ1n) is 5.73. The molecule has 1 aromatic carbocycles. The highest BCUT2D eigenvalue weighted by Gasteiger charge is 2.30. The molecule has 0 spiro atoms. The van der Waals surface area contributed by atoms with Crippen molar-refractivity contribution >= 4 is 11.6 Å². The van der Waals surface area contributed by atoms with Crippen LogP contribution in [0.5, 0.6) is 0 Å². The van der Waals surface area contributed by atoms with Crippen LogP contribution in [0.3, 0.4) is 0 Å². The van der Waals surface area contributed by atoms with Gasteiger partial charge in [0.15, 0.2) is 0 Å². The number of aliphatic hydroxyl groups is 1. The molecule has 1 N–H and O–H groups in total. The van der Waals surface area contributed by atoms with Gasteiger partial charge in [-0.1, -0.05) is 23.7 Å². The summed E-state index contributed by atoms with van der Waals surface area (Å²) in [5, 5.41) is 10.6. The molecule has 16 heavy (non-hydrogen) atoms. The molecule has 0 amide bonds. The van der Waals surface area contributed by atoms with Crippen LogP contribution in [0.25, 0.3) is 0 Å². The van der Waals surface area contributed by atoms with Gasteiger partial charge in [-0.15, -0.1) is 0 Å². The number of benzene rings is 1. The van der Waals surface area contributed by atoms with Crippen molar-refractivity contribution in [2.75, 3.05) is 7.05 Å². The smallest absolute Gasteiger partial charge is 0.0573 e. The van der Waals surface area contributed by atoms with Crippen LogP contribution in [0.4, 0.5) is 0 Å². The number of hydrogen-bond acceptors (Lipinski definition) is 2. The van der Waals surface area contributed by atoms with E-state index in [1.807, 2.05) is 18.2 Å². The minimum absolute atomic E-state index is 0.199. The van der Waals surface area contributed by atoms with E-state index in [0.717, 1.165) is 17.9 Å². The molecule has 1 aliphatic rings. The Balaban J connectivity index is 2.25. The molecule has 0 radical (unpaired) electrons. The van der Waals surface area contributed by atoms with Crippen LogP contribution in [0, 0.1) is 0 Å². The van der Waals surface area contributed by atoms with Crippen LogP contribution in [0.1, 0.15) is 31.4 Å². The lowest BCUT2D eigenvalue weighted by molar-refractivity contribution is 0.0216. The normalized spacial score (nSPS) is 31.6. The van der Waals surface area contributed by atoms with Crippen molar-refractivity contribution in [2.45, 2.75) is 38.0 Å². The summed E-state index contributed by atoms with van der Waals surface area (Å²) >= 11 is 6.00. The minimum Gasteiger partial charge on any atom is -0.393 e. The molecule has 0 bridgehead atoms. The van der Waals surface area contributed by atoms with Gasteiger partial charge < -0.3 is 5.11 Å². The van der Waals surface area contributed by atoms with Gasteiger partial charge in [0.05, 0.1) is 6.10 Å². The molecule has 1 saturated heterocycles. The van der Waals surface area contributed by atoms with E-state index in [2.05, 4.69) is 24.9 Å². The Hall–Kier alpha value is -0.570. The molecule has 0 aliphatic carbocycles. The first kappa shape index (κ1) is 11.9. The molecule has 2 rings (SSSR count). The number of piperidine rings is 1. The topological polar surface area (TPSA) is 23.5 Å². The molecule has 1 aliphatic heterocycles. The van der Waals surface area contributed by atoms with Crippen molar-refractivity contribution in [3.8, 4) is 0 Å². The zero-order valence-corrected chi connectivity index (χ0v) is 10.5. The monoisotopic (exact) mass is 239 g/mol. The van der Waals surface area contributed by atoms with E-state index in [9.17, 15) is 5.11 Å². The molecule has 2 nitrogen and oxygen atoms in total. The minimum atomic E-state index is -0.199. The molecule has 1 aromatic rings. The lowest BCUT2D eigenvalue weighted by atomic mass is 9.90. The summed E-state index contributed by atoms with van der Waals surface area (Å²) in [4.78, 5) is 2.32. The standard InChI is InChI=1S/C13H18ClNO/c1-9-6-12(16)8-13(15(9)2)10-4-3-5-11(14)7-10/h3-5,7,9,12-13,16H,6,8H2,1-2H3/t9-,12+,13-/m1/s1. The Bertz CT molecular complexity index is 369. The number of rotatable bonds is 1. The summed E-state index contributed by atoms with van der Waals surface area (Å²) in [5.74, 6) is 0. The Morgan fingerprint density at radius 1 is 1.38 bits per heavy atom. The second-order valence-electron chi connectivity index (χ2n) is 4.71. The van der Waals surface area contributed by atoms with Crippen LogP contribution in [-0.4, -0.2) is 29.2 Å². The molecular weight excluding hydrogens is 222 g/mol. The molecule has 3 atom stereocenters. The fourth-order valence-electron chi connectivity index (χ4n) is 2.47. The quantitative estimate of drug-likeness (QED) is 0.815. The number of likely N-dealkylation sites (tertiary alicyclic amines) is 1. The van der Waals surface area contributed by atoms with E-state index in [-0.39, 0.29) is 12.1 Å². The summed E-state index contributed by atoms with van der Waals surface area (Å²) in [6.07, 6.45) is 1.45. The van der Waals surface area contributed by atoms with Gasteiger partial charge in [-0.2, -0.15) is 0 Å². The van der Waals surface area contributed by atoms with Gasteiger partial charge in [0.1, 0.15) is 0 Å². The van der Waals surface area contributed by atoms with Gasteiger partial charge in [0.2, 0.25) is 0 Å². The fourth-order valence-corrected chi connectivity index (χ4v) is 2.67. The van der Waals surface area contributed by atoms with E-state index < -0.39 is 0 Å². The van der Waals surface area contributed by atoms with E-state index >= 15 is 0 Å². The van der Waals surface area contributed by atoms with Gasteiger partial charge >= 0.3 is 0 Å².